The van der Waals surface area contributed by atoms with Gasteiger partial charge in [-0.05, 0) is 84.7 Å². The fourth-order valence-electron chi connectivity index (χ4n) is 6.49. The SMILES string of the molecule is Oc1ccc(C2(c3ccc(O)cc3)C[C@@H]3C[C@H]2C2CCCC23)cc1. The Bertz CT molecular complexity index is 701. The predicted octanol–water partition coefficient (Wildman–Crippen LogP) is 4.84. The van der Waals surface area contributed by atoms with Crippen LogP contribution in [0.25, 0.3) is 0 Å². The molecule has 0 saturated heterocycles. The van der Waals surface area contributed by atoms with Crippen LogP contribution in [0.1, 0.15) is 43.2 Å². The van der Waals surface area contributed by atoms with Gasteiger partial charge in [0.15, 0.2) is 0 Å². The summed E-state index contributed by atoms with van der Waals surface area (Å²) in [7, 11) is 0. The van der Waals surface area contributed by atoms with E-state index in [1.165, 1.54) is 43.2 Å². The highest BCUT2D eigenvalue weighted by Gasteiger charge is 2.61. The lowest BCUT2D eigenvalue weighted by atomic mass is 9.59. The van der Waals surface area contributed by atoms with Crippen LogP contribution in [0.4, 0.5) is 0 Å². The molecule has 24 heavy (non-hydrogen) atoms. The fraction of sp³-hybridized carbons (Fsp3) is 0.455. The summed E-state index contributed by atoms with van der Waals surface area (Å²) in [6, 6.07) is 15.8. The minimum atomic E-state index is 0.0531. The van der Waals surface area contributed by atoms with E-state index in [9.17, 15) is 10.2 Å². The maximum atomic E-state index is 9.74. The molecular formula is C22H24O2. The quantitative estimate of drug-likeness (QED) is 0.831. The molecule has 2 bridgehead atoms. The van der Waals surface area contributed by atoms with Crippen molar-refractivity contribution in [3.05, 3.63) is 59.7 Å². The average molecular weight is 320 g/mol. The summed E-state index contributed by atoms with van der Waals surface area (Å²) < 4.78 is 0. The second-order valence-electron chi connectivity index (χ2n) is 8.13. The Labute approximate surface area is 143 Å². The fourth-order valence-corrected chi connectivity index (χ4v) is 6.49. The van der Waals surface area contributed by atoms with Gasteiger partial charge in [-0.15, -0.1) is 0 Å². The second-order valence-corrected chi connectivity index (χ2v) is 8.13. The van der Waals surface area contributed by atoms with Crippen LogP contribution >= 0.6 is 0 Å². The minimum Gasteiger partial charge on any atom is -0.508 e. The Morgan fingerprint density at radius 1 is 0.750 bits per heavy atom. The van der Waals surface area contributed by atoms with E-state index in [-0.39, 0.29) is 5.41 Å². The molecule has 0 amide bonds. The van der Waals surface area contributed by atoms with E-state index < -0.39 is 0 Å². The largest absolute Gasteiger partial charge is 0.508 e. The lowest BCUT2D eigenvalue weighted by Crippen LogP contribution is -2.40. The van der Waals surface area contributed by atoms with Gasteiger partial charge in [-0.1, -0.05) is 30.7 Å². The number of phenolic OH excluding ortho intramolecular Hbond substituents is 2. The first kappa shape index (κ1) is 14.4. The van der Waals surface area contributed by atoms with Gasteiger partial charge in [0.1, 0.15) is 11.5 Å². The number of fused-ring (bicyclic) bond motifs is 5. The molecule has 0 aromatic heterocycles. The Morgan fingerprint density at radius 3 is 1.88 bits per heavy atom. The van der Waals surface area contributed by atoms with Gasteiger partial charge in [0.05, 0.1) is 0 Å². The van der Waals surface area contributed by atoms with Gasteiger partial charge in [-0.3, -0.25) is 0 Å². The molecule has 3 fully saturated rings. The van der Waals surface area contributed by atoms with Crippen LogP contribution in [-0.4, -0.2) is 10.2 Å². The Balaban J connectivity index is 1.67. The summed E-state index contributed by atoms with van der Waals surface area (Å²) in [5.74, 6) is 4.00. The number of rotatable bonds is 2. The van der Waals surface area contributed by atoms with Gasteiger partial charge in [-0.2, -0.15) is 0 Å². The van der Waals surface area contributed by atoms with E-state index in [1.54, 1.807) is 0 Å². The van der Waals surface area contributed by atoms with E-state index in [0.29, 0.717) is 17.4 Å². The lowest BCUT2D eigenvalue weighted by molar-refractivity contribution is 0.181. The Hall–Kier alpha value is -1.96. The molecule has 0 spiro atoms. The summed E-state index contributed by atoms with van der Waals surface area (Å²) in [4.78, 5) is 0. The molecule has 0 radical (unpaired) electrons. The zero-order chi connectivity index (χ0) is 16.3. The maximum Gasteiger partial charge on any atom is 0.115 e. The lowest BCUT2D eigenvalue weighted by Gasteiger charge is -2.44. The molecular weight excluding hydrogens is 296 g/mol. The van der Waals surface area contributed by atoms with E-state index >= 15 is 0 Å². The molecule has 124 valence electrons. The first-order valence-corrected chi connectivity index (χ1v) is 9.27. The highest BCUT2D eigenvalue weighted by atomic mass is 16.3. The van der Waals surface area contributed by atoms with Crippen molar-refractivity contribution < 1.29 is 10.2 Å². The molecule has 2 aromatic carbocycles. The minimum absolute atomic E-state index is 0.0531. The van der Waals surface area contributed by atoms with Gasteiger partial charge >= 0.3 is 0 Å². The third kappa shape index (κ3) is 1.83. The highest BCUT2D eigenvalue weighted by Crippen LogP contribution is 2.68. The Morgan fingerprint density at radius 2 is 1.29 bits per heavy atom. The molecule has 3 aliphatic rings. The van der Waals surface area contributed by atoms with Gasteiger partial charge < -0.3 is 10.2 Å². The monoisotopic (exact) mass is 320 g/mol. The summed E-state index contributed by atoms with van der Waals surface area (Å²) in [6.07, 6.45) is 6.76. The molecule has 0 heterocycles. The van der Waals surface area contributed by atoms with E-state index in [2.05, 4.69) is 24.3 Å². The zero-order valence-corrected chi connectivity index (χ0v) is 13.9. The topological polar surface area (TPSA) is 40.5 Å². The molecule has 3 aliphatic carbocycles. The summed E-state index contributed by atoms with van der Waals surface area (Å²) in [5, 5.41) is 19.5. The van der Waals surface area contributed by atoms with Crippen molar-refractivity contribution in [2.75, 3.05) is 0 Å². The molecule has 2 aromatic rings. The van der Waals surface area contributed by atoms with Crippen LogP contribution in [0.2, 0.25) is 0 Å². The van der Waals surface area contributed by atoms with E-state index in [1.807, 2.05) is 24.3 Å². The van der Waals surface area contributed by atoms with Crippen LogP contribution in [0.5, 0.6) is 11.5 Å². The molecule has 2 unspecified atom stereocenters. The van der Waals surface area contributed by atoms with Crippen molar-refractivity contribution in [1.29, 1.82) is 0 Å². The third-order valence-electron chi connectivity index (χ3n) is 7.29. The molecule has 2 heteroatoms. The van der Waals surface area contributed by atoms with Crippen molar-refractivity contribution in [2.24, 2.45) is 23.7 Å². The maximum absolute atomic E-state index is 9.74. The Kier molecular flexibility index (Phi) is 3.01. The highest BCUT2D eigenvalue weighted by molar-refractivity contribution is 5.46. The average Bonchev–Trinajstić information content (AvgIpc) is 3.28. The van der Waals surface area contributed by atoms with E-state index in [4.69, 9.17) is 0 Å². The zero-order valence-electron chi connectivity index (χ0n) is 13.9. The number of aromatic hydroxyl groups is 2. The number of hydrogen-bond acceptors (Lipinski definition) is 2. The van der Waals surface area contributed by atoms with Crippen molar-refractivity contribution >= 4 is 0 Å². The van der Waals surface area contributed by atoms with Crippen LogP contribution in [0.3, 0.4) is 0 Å². The van der Waals surface area contributed by atoms with Crippen LogP contribution in [0, 0.1) is 23.7 Å². The molecule has 3 saturated carbocycles. The van der Waals surface area contributed by atoms with Gasteiger partial charge in [0.2, 0.25) is 0 Å². The van der Waals surface area contributed by atoms with Gasteiger partial charge in [0.25, 0.3) is 0 Å². The van der Waals surface area contributed by atoms with Crippen molar-refractivity contribution in [1.82, 2.24) is 0 Å². The molecule has 2 N–H and O–H groups in total. The van der Waals surface area contributed by atoms with Crippen LogP contribution < -0.4 is 0 Å². The molecule has 5 rings (SSSR count). The predicted molar refractivity (Wildman–Crippen MR) is 94.0 cm³/mol. The van der Waals surface area contributed by atoms with Crippen LogP contribution in [0.15, 0.2) is 48.5 Å². The van der Waals surface area contributed by atoms with Crippen molar-refractivity contribution in [3.8, 4) is 11.5 Å². The summed E-state index contributed by atoms with van der Waals surface area (Å²) >= 11 is 0. The smallest absolute Gasteiger partial charge is 0.115 e. The summed E-state index contributed by atoms with van der Waals surface area (Å²) in [6.45, 7) is 0. The second kappa shape index (κ2) is 5.02. The molecule has 0 aliphatic heterocycles. The first-order chi connectivity index (χ1) is 11.7. The van der Waals surface area contributed by atoms with Crippen molar-refractivity contribution in [2.45, 2.75) is 37.5 Å². The standard InChI is InChI=1S/C22H24O2/c23-17-8-4-15(5-9-17)22(16-6-10-18(24)11-7-16)13-14-12-21(22)20-3-1-2-19(14)20/h4-11,14,19-21,23-24H,1-3,12-13H2/t14-,19?,20?,21-/m0/s1. The third-order valence-corrected chi connectivity index (χ3v) is 7.29. The normalized spacial score (nSPS) is 32.8. The van der Waals surface area contributed by atoms with Gasteiger partial charge in [0, 0.05) is 5.41 Å². The van der Waals surface area contributed by atoms with Gasteiger partial charge in [-0.25, -0.2) is 0 Å². The molecule has 2 nitrogen and oxygen atoms in total. The number of hydrogen-bond donors (Lipinski definition) is 2. The van der Waals surface area contributed by atoms with Crippen LogP contribution in [-0.2, 0) is 5.41 Å². The van der Waals surface area contributed by atoms with E-state index in [0.717, 1.165) is 17.8 Å². The summed E-state index contributed by atoms with van der Waals surface area (Å²) in [5.41, 5.74) is 2.73. The number of phenols is 2. The number of benzene rings is 2. The molecule has 4 atom stereocenters. The van der Waals surface area contributed by atoms with Crippen molar-refractivity contribution in [3.63, 3.8) is 0 Å². The first-order valence-electron chi connectivity index (χ1n) is 9.27.